The highest BCUT2D eigenvalue weighted by Gasteiger charge is 2.37. The van der Waals surface area contributed by atoms with E-state index in [1.165, 1.54) is 0 Å². The van der Waals surface area contributed by atoms with Gasteiger partial charge in [0.05, 0.1) is 18.6 Å². The summed E-state index contributed by atoms with van der Waals surface area (Å²) < 4.78 is 0. The average molecular weight is 611 g/mol. The zero-order valence-electron chi connectivity index (χ0n) is 24.3. The predicted octanol–water partition coefficient (Wildman–Crippen LogP) is -2.51. The Morgan fingerprint density at radius 2 is 1.44 bits per heavy atom. The van der Waals surface area contributed by atoms with Crippen LogP contribution in [0.2, 0.25) is 0 Å². The molecule has 0 bridgehead atoms. The first-order valence-corrected chi connectivity index (χ1v) is 13.3. The largest absolute Gasteiger partial charge is 0.507 e. The minimum Gasteiger partial charge on any atom is -0.507 e. The second kappa shape index (κ2) is 16.1. The Labute approximate surface area is 248 Å². The Kier molecular flexibility index (Phi) is 13.6. The number of nitrogens with two attached hydrogens (primary N) is 4. The lowest BCUT2D eigenvalue weighted by atomic mass is 9.85. The van der Waals surface area contributed by atoms with Crippen molar-refractivity contribution < 1.29 is 44.4 Å². The van der Waals surface area contributed by atoms with Gasteiger partial charge >= 0.3 is 5.97 Å². The molecule has 4 amide bonds. The highest BCUT2D eigenvalue weighted by Crippen LogP contribution is 2.33. The second-order valence-electron chi connectivity index (χ2n) is 10.9. The summed E-state index contributed by atoms with van der Waals surface area (Å²) in [5.74, 6) is -6.90. The second-order valence-corrected chi connectivity index (χ2v) is 10.9. The molecule has 0 aliphatic carbocycles. The number of carbonyl (C=O) groups excluding carboxylic acids is 4. The Morgan fingerprint density at radius 1 is 0.884 bits per heavy atom. The number of aliphatic hydroxyl groups is 1. The molecule has 0 spiro atoms. The fourth-order valence-corrected chi connectivity index (χ4v) is 4.00. The van der Waals surface area contributed by atoms with E-state index in [1.807, 2.05) is 0 Å². The summed E-state index contributed by atoms with van der Waals surface area (Å²) in [6, 6.07) is -3.86. The Bertz CT molecular complexity index is 1190. The number of aliphatic imine (C=N–C) groups is 1. The lowest BCUT2D eigenvalue weighted by Crippen LogP contribution is -2.60. The molecular weight excluding hydrogens is 568 g/mol. The van der Waals surface area contributed by atoms with Crippen molar-refractivity contribution in [2.75, 3.05) is 6.54 Å². The van der Waals surface area contributed by atoms with E-state index < -0.39 is 89.7 Å². The van der Waals surface area contributed by atoms with Crippen molar-refractivity contribution in [2.45, 2.75) is 77.2 Å². The van der Waals surface area contributed by atoms with Gasteiger partial charge in [0.25, 0.3) is 0 Å². The number of aliphatic hydroxyl groups excluding tert-OH is 1. The molecule has 15 N–H and O–H groups in total. The monoisotopic (exact) mass is 610 g/mol. The highest BCUT2D eigenvalue weighted by atomic mass is 16.4. The van der Waals surface area contributed by atoms with Crippen molar-refractivity contribution in [1.82, 2.24) is 16.0 Å². The van der Waals surface area contributed by atoms with Crippen molar-refractivity contribution in [3.8, 4) is 11.5 Å². The van der Waals surface area contributed by atoms with Crippen LogP contribution in [0.1, 0.15) is 63.6 Å². The molecule has 0 aliphatic heterocycles. The zero-order chi connectivity index (χ0) is 33.1. The number of carboxylic acid groups (broad SMARTS) is 1. The lowest BCUT2D eigenvalue weighted by Gasteiger charge is -2.32. The molecule has 0 saturated carbocycles. The molecule has 43 heavy (non-hydrogen) atoms. The fraction of sp³-hybridized carbons (Fsp3) is 0.538. The number of amides is 4. The first-order valence-electron chi connectivity index (χ1n) is 13.3. The Balaban J connectivity index is 3.33. The molecule has 1 aromatic carbocycles. The van der Waals surface area contributed by atoms with Crippen molar-refractivity contribution in [1.29, 1.82) is 0 Å². The number of rotatable bonds is 16. The van der Waals surface area contributed by atoms with E-state index in [9.17, 15) is 44.4 Å². The molecule has 4 atom stereocenters. The number of guanidine groups is 1. The van der Waals surface area contributed by atoms with Crippen LogP contribution < -0.4 is 38.9 Å². The van der Waals surface area contributed by atoms with Crippen molar-refractivity contribution >= 4 is 35.6 Å². The number of aromatic hydroxyl groups is 2. The summed E-state index contributed by atoms with van der Waals surface area (Å²) in [5, 5.41) is 46.3. The van der Waals surface area contributed by atoms with Gasteiger partial charge in [0.1, 0.15) is 29.6 Å². The van der Waals surface area contributed by atoms with Gasteiger partial charge in [0.2, 0.25) is 23.6 Å². The number of nitrogens with one attached hydrogen (secondary N) is 3. The predicted molar refractivity (Wildman–Crippen MR) is 154 cm³/mol. The summed E-state index contributed by atoms with van der Waals surface area (Å²) in [6.07, 6.45) is 0.350. The van der Waals surface area contributed by atoms with Gasteiger partial charge in [-0.15, -0.1) is 0 Å². The molecule has 0 aromatic heterocycles. The zero-order valence-corrected chi connectivity index (χ0v) is 24.3. The maximum absolute atomic E-state index is 13.3. The number of phenols is 2. The van der Waals surface area contributed by atoms with Crippen LogP contribution >= 0.6 is 0 Å². The minimum absolute atomic E-state index is 0.0972. The summed E-state index contributed by atoms with van der Waals surface area (Å²) in [5.41, 5.74) is 20.3. The number of nitrogens with zero attached hydrogens (tertiary/aromatic N) is 1. The standard InChI is InChI=1S/C26H42N8O9/c1-26(2,3)20(23(41)31-14(24(42)43)6-4-5-7-27)34-21(39)15(10-18(28)38)32-22(40)19(33-25(29)30)12-8-16(36)13(11-35)17(37)9-12/h8-9,14-15,19-20,35-37H,4-7,10-11,27H2,1-3H3,(H2,28,38)(H,31,41)(H,32,40)(H,34,39)(H,42,43)(H4,29,30,33)/t14-,15-,19+,20-/m0/s1. The number of benzene rings is 1. The van der Waals surface area contributed by atoms with E-state index in [0.717, 1.165) is 12.1 Å². The van der Waals surface area contributed by atoms with E-state index in [4.69, 9.17) is 22.9 Å². The third kappa shape index (κ3) is 11.3. The third-order valence-electron chi connectivity index (χ3n) is 6.24. The van der Waals surface area contributed by atoms with Gasteiger partial charge in [-0.05, 0) is 48.9 Å². The van der Waals surface area contributed by atoms with Crippen LogP contribution in [0.3, 0.4) is 0 Å². The van der Waals surface area contributed by atoms with Gasteiger partial charge in [0, 0.05) is 0 Å². The molecule has 17 nitrogen and oxygen atoms in total. The van der Waals surface area contributed by atoms with Gasteiger partial charge < -0.3 is 59.3 Å². The Hall–Kier alpha value is -4.64. The highest BCUT2D eigenvalue weighted by molar-refractivity contribution is 5.97. The molecule has 0 heterocycles. The summed E-state index contributed by atoms with van der Waals surface area (Å²) in [4.78, 5) is 67.1. The quantitative estimate of drug-likeness (QED) is 0.0525. The van der Waals surface area contributed by atoms with Crippen molar-refractivity contribution in [2.24, 2.45) is 33.3 Å². The van der Waals surface area contributed by atoms with Gasteiger partial charge in [-0.2, -0.15) is 0 Å². The van der Waals surface area contributed by atoms with Crippen LogP contribution in [0, 0.1) is 5.41 Å². The van der Waals surface area contributed by atoms with Crippen LogP contribution in [0.15, 0.2) is 17.1 Å². The van der Waals surface area contributed by atoms with Crippen LogP contribution in [0.5, 0.6) is 11.5 Å². The molecule has 240 valence electrons. The van der Waals surface area contributed by atoms with Crippen molar-refractivity contribution in [3.63, 3.8) is 0 Å². The first kappa shape index (κ1) is 36.4. The molecule has 0 aliphatic rings. The number of carbonyl (C=O) groups is 5. The molecule has 0 radical (unpaired) electrons. The number of unbranched alkanes of at least 4 members (excludes halogenated alkanes) is 1. The van der Waals surface area contributed by atoms with E-state index in [0.29, 0.717) is 19.4 Å². The van der Waals surface area contributed by atoms with Crippen molar-refractivity contribution in [3.05, 3.63) is 23.3 Å². The fourth-order valence-electron chi connectivity index (χ4n) is 4.00. The van der Waals surface area contributed by atoms with Gasteiger partial charge in [0.15, 0.2) is 12.0 Å². The molecule has 0 saturated heterocycles. The van der Waals surface area contributed by atoms with Gasteiger partial charge in [-0.1, -0.05) is 20.8 Å². The third-order valence-corrected chi connectivity index (χ3v) is 6.24. The SMILES string of the molecule is CC(C)(C)[C@@H](NC(=O)[C@H](CC(N)=O)NC(=O)[C@H](N=C(N)N)c1cc(O)c(CO)c(O)c1)C(=O)N[C@@H](CCCCN)C(=O)O. The number of hydrogen-bond donors (Lipinski definition) is 11. The van der Waals surface area contributed by atoms with E-state index >= 15 is 0 Å². The minimum atomic E-state index is -1.65. The number of aliphatic carboxylic acids is 1. The summed E-state index contributed by atoms with van der Waals surface area (Å²) in [7, 11) is 0. The van der Waals surface area contributed by atoms with Crippen LogP contribution in [-0.4, -0.2) is 80.7 Å². The maximum Gasteiger partial charge on any atom is 0.326 e. The van der Waals surface area contributed by atoms with Gasteiger partial charge in [-0.25, -0.2) is 9.79 Å². The number of primary amides is 1. The molecule has 0 fully saturated rings. The molecule has 1 aromatic rings. The van der Waals surface area contributed by atoms with E-state index in [2.05, 4.69) is 20.9 Å². The molecule has 17 heteroatoms. The van der Waals surface area contributed by atoms with E-state index in [-0.39, 0.29) is 17.5 Å². The summed E-state index contributed by atoms with van der Waals surface area (Å²) >= 11 is 0. The van der Waals surface area contributed by atoms with Crippen LogP contribution in [-0.2, 0) is 30.6 Å². The molecular formula is C26H42N8O9. The topological polar surface area (TPSA) is 319 Å². The van der Waals surface area contributed by atoms with E-state index in [1.54, 1.807) is 20.8 Å². The number of hydrogen-bond acceptors (Lipinski definition) is 10. The number of carboxylic acids is 1. The molecule has 0 unspecified atom stereocenters. The maximum atomic E-state index is 13.3. The Morgan fingerprint density at radius 3 is 1.88 bits per heavy atom. The first-order chi connectivity index (χ1) is 19.9. The molecule has 1 rings (SSSR count). The van der Waals surface area contributed by atoms with Gasteiger partial charge in [-0.3, -0.25) is 19.2 Å². The van der Waals surface area contributed by atoms with Crippen LogP contribution in [0.4, 0.5) is 0 Å². The summed E-state index contributed by atoms with van der Waals surface area (Å²) in [6.45, 7) is 4.43. The normalized spacial score (nSPS) is 14.0. The average Bonchev–Trinajstić information content (AvgIpc) is 2.87. The lowest BCUT2D eigenvalue weighted by molar-refractivity contribution is -0.143. The van der Waals surface area contributed by atoms with Crippen LogP contribution in [0.25, 0.3) is 0 Å². The smallest absolute Gasteiger partial charge is 0.326 e.